The molecule has 0 radical (unpaired) electrons. The first-order valence-corrected chi connectivity index (χ1v) is 7.08. The lowest BCUT2D eigenvalue weighted by atomic mass is 10.1. The summed E-state index contributed by atoms with van der Waals surface area (Å²) in [6, 6.07) is 0.0506. The average Bonchev–Trinajstić information content (AvgIpc) is 2.60. The summed E-state index contributed by atoms with van der Waals surface area (Å²) in [5, 5.41) is 9.30. The molecule has 112 valence electrons. The van der Waals surface area contributed by atoms with Gasteiger partial charge in [-0.25, -0.2) is 0 Å². The summed E-state index contributed by atoms with van der Waals surface area (Å²) in [7, 11) is 1.63. The molecule has 0 aliphatic heterocycles. The summed E-state index contributed by atoms with van der Waals surface area (Å²) < 4.78 is 1.74. The van der Waals surface area contributed by atoms with E-state index >= 15 is 0 Å². The molecule has 8 heteroatoms. The van der Waals surface area contributed by atoms with Crippen LogP contribution in [0.5, 0.6) is 0 Å². The molecule has 1 rings (SSSR count). The highest BCUT2D eigenvalue weighted by Crippen LogP contribution is 2.20. The van der Waals surface area contributed by atoms with E-state index < -0.39 is 5.91 Å². The molecule has 0 fully saturated rings. The van der Waals surface area contributed by atoms with Crippen LogP contribution in [0, 0.1) is 5.92 Å². The zero-order chi connectivity index (χ0) is 15.4. The van der Waals surface area contributed by atoms with Gasteiger partial charge in [0.2, 0.25) is 5.91 Å². The van der Waals surface area contributed by atoms with Gasteiger partial charge in [-0.05, 0) is 28.8 Å². The van der Waals surface area contributed by atoms with E-state index in [1.54, 1.807) is 7.05 Å². The summed E-state index contributed by atoms with van der Waals surface area (Å²) in [6.07, 6.45) is 0. The Labute approximate surface area is 126 Å². The van der Waals surface area contributed by atoms with Crippen LogP contribution in [-0.2, 0) is 11.8 Å². The zero-order valence-corrected chi connectivity index (χ0v) is 13.6. The minimum atomic E-state index is -0.435. The van der Waals surface area contributed by atoms with Gasteiger partial charge in [0.15, 0.2) is 0 Å². The van der Waals surface area contributed by atoms with Crippen molar-refractivity contribution in [1.29, 1.82) is 0 Å². The number of nitrogen functional groups attached to an aromatic ring is 1. The number of hydrogen-bond donors (Lipinski definition) is 3. The normalized spacial score (nSPS) is 12.3. The van der Waals surface area contributed by atoms with Crippen molar-refractivity contribution in [2.75, 3.05) is 12.3 Å². The fraction of sp³-hybridized carbons (Fsp3) is 0.583. The molecule has 0 saturated heterocycles. The molecule has 0 aliphatic carbocycles. The maximum atomic E-state index is 12.0. The predicted octanol–water partition coefficient (Wildman–Crippen LogP) is 0.655. The number of nitrogens with zero attached hydrogens (tertiary/aromatic N) is 2. The Kier molecular flexibility index (Phi) is 5.55. The Morgan fingerprint density at radius 2 is 2.00 bits per heavy atom. The van der Waals surface area contributed by atoms with Crippen molar-refractivity contribution in [3.05, 3.63) is 10.2 Å². The Balaban J connectivity index is 2.58. The van der Waals surface area contributed by atoms with Crippen LogP contribution in [0.25, 0.3) is 0 Å². The molecule has 1 heterocycles. The third-order valence-corrected chi connectivity index (χ3v) is 3.63. The fourth-order valence-electron chi connectivity index (χ4n) is 1.43. The molecule has 1 atom stereocenters. The molecule has 1 aromatic rings. The van der Waals surface area contributed by atoms with Crippen LogP contribution in [0.15, 0.2) is 4.60 Å². The van der Waals surface area contributed by atoms with E-state index in [1.165, 1.54) is 4.68 Å². The second kappa shape index (κ2) is 6.74. The Morgan fingerprint density at radius 1 is 1.40 bits per heavy atom. The number of aromatic nitrogens is 2. The average molecular weight is 346 g/mol. The standard InChI is InChI=1S/C12H20BrN5O2/c1-6(2)7(3)16-8(19)5-15-12(20)9-10(13)17-18(4)11(9)14/h6-7H,5,14H2,1-4H3,(H,15,20)(H,16,19). The quantitative estimate of drug-likeness (QED) is 0.729. The monoisotopic (exact) mass is 345 g/mol. The fourth-order valence-corrected chi connectivity index (χ4v) is 2.05. The van der Waals surface area contributed by atoms with Gasteiger partial charge in [-0.15, -0.1) is 0 Å². The topological polar surface area (TPSA) is 102 Å². The summed E-state index contributed by atoms with van der Waals surface area (Å²) in [4.78, 5) is 23.6. The van der Waals surface area contributed by atoms with Crippen LogP contribution in [0.4, 0.5) is 5.82 Å². The second-order valence-electron chi connectivity index (χ2n) is 4.96. The van der Waals surface area contributed by atoms with E-state index in [0.717, 1.165) is 0 Å². The van der Waals surface area contributed by atoms with E-state index in [4.69, 9.17) is 5.73 Å². The van der Waals surface area contributed by atoms with Crippen LogP contribution in [0.3, 0.4) is 0 Å². The number of rotatable bonds is 5. The first kappa shape index (κ1) is 16.5. The van der Waals surface area contributed by atoms with Crippen molar-refractivity contribution >= 4 is 33.6 Å². The maximum absolute atomic E-state index is 12.0. The highest BCUT2D eigenvalue weighted by atomic mass is 79.9. The van der Waals surface area contributed by atoms with Gasteiger partial charge in [-0.2, -0.15) is 5.10 Å². The first-order chi connectivity index (χ1) is 9.23. The number of anilines is 1. The molecule has 0 saturated carbocycles. The molecule has 0 aromatic carbocycles. The van der Waals surface area contributed by atoms with E-state index in [1.807, 2.05) is 20.8 Å². The van der Waals surface area contributed by atoms with Crippen LogP contribution >= 0.6 is 15.9 Å². The van der Waals surface area contributed by atoms with Crippen molar-refractivity contribution in [1.82, 2.24) is 20.4 Å². The molecule has 1 unspecified atom stereocenters. The first-order valence-electron chi connectivity index (χ1n) is 6.29. The minimum Gasteiger partial charge on any atom is -0.383 e. The third kappa shape index (κ3) is 3.96. The van der Waals surface area contributed by atoms with Gasteiger partial charge < -0.3 is 16.4 Å². The molecular formula is C12H20BrN5O2. The molecule has 0 bridgehead atoms. The van der Waals surface area contributed by atoms with Gasteiger partial charge in [-0.1, -0.05) is 13.8 Å². The minimum absolute atomic E-state index is 0.0506. The molecule has 0 spiro atoms. The summed E-state index contributed by atoms with van der Waals surface area (Å²) in [5.74, 6) is -0.101. The number of carbonyl (C=O) groups excluding carboxylic acids is 2. The smallest absolute Gasteiger partial charge is 0.258 e. The summed E-state index contributed by atoms with van der Waals surface area (Å²) in [5.41, 5.74) is 5.97. The Morgan fingerprint density at radius 3 is 2.45 bits per heavy atom. The van der Waals surface area contributed by atoms with Crippen molar-refractivity contribution in [3.8, 4) is 0 Å². The number of carbonyl (C=O) groups is 2. The van der Waals surface area contributed by atoms with Gasteiger partial charge >= 0.3 is 0 Å². The van der Waals surface area contributed by atoms with Crippen molar-refractivity contribution in [3.63, 3.8) is 0 Å². The Bertz CT molecular complexity index is 512. The lowest BCUT2D eigenvalue weighted by molar-refractivity contribution is -0.121. The number of hydrogen-bond acceptors (Lipinski definition) is 4. The van der Waals surface area contributed by atoms with Crippen LogP contribution < -0.4 is 16.4 Å². The number of aryl methyl sites for hydroxylation is 1. The highest BCUT2D eigenvalue weighted by Gasteiger charge is 2.20. The van der Waals surface area contributed by atoms with Gasteiger partial charge in [-0.3, -0.25) is 14.3 Å². The van der Waals surface area contributed by atoms with Gasteiger partial charge in [0.1, 0.15) is 16.0 Å². The zero-order valence-electron chi connectivity index (χ0n) is 12.0. The maximum Gasteiger partial charge on any atom is 0.258 e. The van der Waals surface area contributed by atoms with E-state index in [-0.39, 0.29) is 29.9 Å². The largest absolute Gasteiger partial charge is 0.383 e. The third-order valence-electron chi connectivity index (χ3n) is 3.07. The summed E-state index contributed by atoms with van der Waals surface area (Å²) >= 11 is 3.16. The van der Waals surface area contributed by atoms with Gasteiger partial charge in [0.05, 0.1) is 6.54 Å². The molecule has 2 amide bonds. The number of nitrogens with two attached hydrogens (primary N) is 1. The molecule has 1 aromatic heterocycles. The molecule has 20 heavy (non-hydrogen) atoms. The number of halogens is 1. The molecule has 7 nitrogen and oxygen atoms in total. The molecule has 0 aliphatic rings. The lowest BCUT2D eigenvalue weighted by Gasteiger charge is -2.17. The van der Waals surface area contributed by atoms with E-state index in [9.17, 15) is 9.59 Å². The van der Waals surface area contributed by atoms with Crippen LogP contribution in [0.1, 0.15) is 31.1 Å². The summed E-state index contributed by atoms with van der Waals surface area (Å²) in [6.45, 7) is 5.84. The van der Waals surface area contributed by atoms with E-state index in [0.29, 0.717) is 10.5 Å². The van der Waals surface area contributed by atoms with Gasteiger partial charge in [0, 0.05) is 13.1 Å². The molecular weight excluding hydrogens is 326 g/mol. The van der Waals surface area contributed by atoms with Crippen molar-refractivity contribution in [2.24, 2.45) is 13.0 Å². The van der Waals surface area contributed by atoms with Crippen LogP contribution in [-0.4, -0.2) is 34.2 Å². The van der Waals surface area contributed by atoms with Crippen molar-refractivity contribution < 1.29 is 9.59 Å². The highest BCUT2D eigenvalue weighted by molar-refractivity contribution is 9.10. The SMILES string of the molecule is CC(C)C(C)NC(=O)CNC(=O)c1c(Br)nn(C)c1N. The van der Waals surface area contributed by atoms with Gasteiger partial charge in [0.25, 0.3) is 5.91 Å². The predicted molar refractivity (Wildman–Crippen MR) is 80.1 cm³/mol. The Hall–Kier alpha value is -1.57. The van der Waals surface area contributed by atoms with Crippen molar-refractivity contribution in [2.45, 2.75) is 26.8 Å². The molecule has 4 N–H and O–H groups in total. The number of nitrogens with one attached hydrogen (secondary N) is 2. The second-order valence-corrected chi connectivity index (χ2v) is 5.71. The lowest BCUT2D eigenvalue weighted by Crippen LogP contribution is -2.42. The number of amides is 2. The van der Waals surface area contributed by atoms with E-state index in [2.05, 4.69) is 31.7 Å². The van der Waals surface area contributed by atoms with Crippen LogP contribution in [0.2, 0.25) is 0 Å².